The second kappa shape index (κ2) is 6.70. The van der Waals surface area contributed by atoms with E-state index in [1.54, 1.807) is 6.20 Å². The molecule has 0 aliphatic rings. The van der Waals surface area contributed by atoms with Crippen molar-refractivity contribution >= 4 is 16.9 Å². The number of carbonyl (C=O) groups is 1. The maximum absolute atomic E-state index is 12.2. The Morgan fingerprint density at radius 2 is 2.17 bits per heavy atom. The molecule has 1 unspecified atom stereocenters. The highest BCUT2D eigenvalue weighted by Gasteiger charge is 2.17. The number of nitrogens with zero attached hydrogens (tertiary/aromatic N) is 2. The molecule has 6 heteroatoms. The monoisotopic (exact) mass is 325 g/mol. The van der Waals surface area contributed by atoms with Crippen LogP contribution < -0.4 is 10.1 Å². The lowest BCUT2D eigenvalue weighted by Gasteiger charge is -2.10. The molecule has 2 aromatic heterocycles. The molecule has 0 fully saturated rings. The summed E-state index contributed by atoms with van der Waals surface area (Å²) in [7, 11) is 0. The van der Waals surface area contributed by atoms with Crippen LogP contribution in [0, 0.1) is 6.92 Å². The number of hydrogen-bond acceptors (Lipinski definition) is 5. The van der Waals surface area contributed by atoms with Gasteiger partial charge in [-0.2, -0.15) is 0 Å². The van der Waals surface area contributed by atoms with E-state index in [9.17, 15) is 4.79 Å². The van der Waals surface area contributed by atoms with Crippen LogP contribution >= 0.6 is 0 Å². The van der Waals surface area contributed by atoms with Crippen LogP contribution in [-0.4, -0.2) is 22.5 Å². The fourth-order valence-corrected chi connectivity index (χ4v) is 2.39. The van der Waals surface area contributed by atoms with Crippen LogP contribution in [0.2, 0.25) is 0 Å². The third-order valence-corrected chi connectivity index (χ3v) is 3.61. The predicted molar refractivity (Wildman–Crippen MR) is 90.0 cm³/mol. The Kier molecular flexibility index (Phi) is 4.46. The average Bonchev–Trinajstić information content (AvgIpc) is 3.01. The van der Waals surface area contributed by atoms with Gasteiger partial charge in [-0.15, -0.1) is 0 Å². The van der Waals surface area contributed by atoms with Crippen molar-refractivity contribution in [2.45, 2.75) is 26.8 Å². The lowest BCUT2D eigenvalue weighted by Crippen LogP contribution is -2.27. The van der Waals surface area contributed by atoms with Crippen molar-refractivity contribution < 1.29 is 13.9 Å². The molecule has 3 aromatic rings. The van der Waals surface area contributed by atoms with E-state index in [0.29, 0.717) is 23.7 Å². The molecule has 124 valence electrons. The van der Waals surface area contributed by atoms with Crippen molar-refractivity contribution in [3.05, 3.63) is 53.8 Å². The molecule has 3 rings (SSSR count). The van der Waals surface area contributed by atoms with Crippen LogP contribution in [-0.2, 0) is 0 Å². The molecule has 0 aliphatic heterocycles. The predicted octanol–water partition coefficient (Wildman–Crippen LogP) is 3.42. The zero-order valence-electron chi connectivity index (χ0n) is 13.9. The number of ether oxygens (including phenoxy) is 1. The van der Waals surface area contributed by atoms with E-state index in [4.69, 9.17) is 9.15 Å². The highest BCUT2D eigenvalue weighted by molar-refractivity contribution is 5.92. The minimum Gasteiger partial charge on any atom is -0.490 e. The number of fused-ring (bicyclic) bond motifs is 1. The van der Waals surface area contributed by atoms with Gasteiger partial charge in [0.05, 0.1) is 24.5 Å². The van der Waals surface area contributed by atoms with E-state index in [1.807, 2.05) is 45.0 Å². The largest absolute Gasteiger partial charge is 0.490 e. The van der Waals surface area contributed by atoms with E-state index in [0.717, 1.165) is 11.1 Å². The quantitative estimate of drug-likeness (QED) is 0.777. The Morgan fingerprint density at radius 1 is 1.33 bits per heavy atom. The van der Waals surface area contributed by atoms with Crippen molar-refractivity contribution in [3.63, 3.8) is 0 Å². The van der Waals surface area contributed by atoms with Crippen LogP contribution in [0.15, 0.2) is 41.1 Å². The maximum Gasteiger partial charge on any atom is 0.272 e. The van der Waals surface area contributed by atoms with Crippen LogP contribution in [0.5, 0.6) is 5.75 Å². The molecule has 0 radical (unpaired) electrons. The summed E-state index contributed by atoms with van der Waals surface area (Å²) in [5.74, 6) is 1.07. The van der Waals surface area contributed by atoms with Crippen molar-refractivity contribution in [1.82, 2.24) is 15.3 Å². The number of para-hydroxylation sites is 1. The second-order valence-electron chi connectivity index (χ2n) is 5.49. The van der Waals surface area contributed by atoms with Gasteiger partial charge in [0, 0.05) is 11.6 Å². The zero-order valence-corrected chi connectivity index (χ0v) is 13.9. The molecule has 1 N–H and O–H groups in total. The molecule has 1 aromatic carbocycles. The maximum atomic E-state index is 12.2. The Labute approximate surface area is 139 Å². The van der Waals surface area contributed by atoms with Gasteiger partial charge in [-0.3, -0.25) is 9.78 Å². The summed E-state index contributed by atoms with van der Waals surface area (Å²) in [6.07, 6.45) is 3.03. The first-order chi connectivity index (χ1) is 11.6. The third kappa shape index (κ3) is 3.22. The average molecular weight is 325 g/mol. The number of amides is 1. The Hall–Kier alpha value is -2.89. The van der Waals surface area contributed by atoms with Gasteiger partial charge in [-0.05, 0) is 32.9 Å². The number of aromatic nitrogens is 2. The summed E-state index contributed by atoms with van der Waals surface area (Å²) in [6, 6.07) is 7.33. The van der Waals surface area contributed by atoms with Gasteiger partial charge in [0.2, 0.25) is 0 Å². The Bertz CT molecular complexity index is 856. The SMILES string of the molecule is CCOc1cccc2cc(C(C)NC(=O)c3cnc(C)cn3)oc12. The lowest BCUT2D eigenvalue weighted by atomic mass is 10.2. The van der Waals surface area contributed by atoms with E-state index in [1.165, 1.54) is 6.20 Å². The molecule has 0 saturated carbocycles. The molecule has 1 amide bonds. The Morgan fingerprint density at radius 3 is 2.88 bits per heavy atom. The van der Waals surface area contributed by atoms with Crippen molar-refractivity contribution in [2.24, 2.45) is 0 Å². The van der Waals surface area contributed by atoms with Crippen LogP contribution in [0.1, 0.15) is 41.8 Å². The summed E-state index contributed by atoms with van der Waals surface area (Å²) in [6.45, 7) is 6.17. The lowest BCUT2D eigenvalue weighted by molar-refractivity contribution is 0.0930. The smallest absolute Gasteiger partial charge is 0.272 e. The highest BCUT2D eigenvalue weighted by Crippen LogP contribution is 2.31. The van der Waals surface area contributed by atoms with Crippen molar-refractivity contribution in [3.8, 4) is 5.75 Å². The second-order valence-corrected chi connectivity index (χ2v) is 5.49. The highest BCUT2D eigenvalue weighted by atomic mass is 16.5. The standard InChI is InChI=1S/C18H19N3O3/c1-4-23-15-7-5-6-13-8-16(24-17(13)15)12(3)21-18(22)14-10-19-11(2)9-20-14/h5-10,12H,4H2,1-3H3,(H,21,22). The molecule has 24 heavy (non-hydrogen) atoms. The summed E-state index contributed by atoms with van der Waals surface area (Å²) in [5, 5.41) is 3.81. The van der Waals surface area contributed by atoms with Crippen LogP contribution in [0.25, 0.3) is 11.0 Å². The minimum absolute atomic E-state index is 0.276. The number of benzene rings is 1. The van der Waals surface area contributed by atoms with E-state index >= 15 is 0 Å². The normalized spacial score (nSPS) is 12.1. The molecule has 2 heterocycles. The number of rotatable bonds is 5. The van der Waals surface area contributed by atoms with Crippen LogP contribution in [0.4, 0.5) is 0 Å². The summed E-state index contributed by atoms with van der Waals surface area (Å²) in [4.78, 5) is 20.4. The van der Waals surface area contributed by atoms with Gasteiger partial charge in [-0.25, -0.2) is 4.98 Å². The van der Waals surface area contributed by atoms with Crippen molar-refractivity contribution in [1.29, 1.82) is 0 Å². The van der Waals surface area contributed by atoms with Gasteiger partial charge in [-0.1, -0.05) is 12.1 Å². The summed E-state index contributed by atoms with van der Waals surface area (Å²) < 4.78 is 11.5. The first-order valence-electron chi connectivity index (χ1n) is 7.83. The first kappa shape index (κ1) is 16.0. The van der Waals surface area contributed by atoms with E-state index < -0.39 is 0 Å². The van der Waals surface area contributed by atoms with Gasteiger partial charge in [0.25, 0.3) is 5.91 Å². The number of hydrogen-bond donors (Lipinski definition) is 1. The topological polar surface area (TPSA) is 77.2 Å². The summed E-state index contributed by atoms with van der Waals surface area (Å²) in [5.41, 5.74) is 1.73. The number of furan rings is 1. The summed E-state index contributed by atoms with van der Waals surface area (Å²) >= 11 is 0. The molecule has 1 atom stereocenters. The molecule has 0 saturated heterocycles. The van der Waals surface area contributed by atoms with E-state index in [-0.39, 0.29) is 17.6 Å². The third-order valence-electron chi connectivity index (χ3n) is 3.61. The Balaban J connectivity index is 1.80. The number of nitrogens with one attached hydrogen (secondary N) is 1. The van der Waals surface area contributed by atoms with Gasteiger partial charge < -0.3 is 14.5 Å². The zero-order chi connectivity index (χ0) is 17.1. The van der Waals surface area contributed by atoms with Gasteiger partial charge in [0.15, 0.2) is 11.3 Å². The van der Waals surface area contributed by atoms with Crippen LogP contribution in [0.3, 0.4) is 0 Å². The van der Waals surface area contributed by atoms with Gasteiger partial charge >= 0.3 is 0 Å². The van der Waals surface area contributed by atoms with E-state index in [2.05, 4.69) is 15.3 Å². The molecule has 0 spiro atoms. The molecule has 6 nitrogen and oxygen atoms in total. The van der Waals surface area contributed by atoms with Crippen molar-refractivity contribution in [2.75, 3.05) is 6.61 Å². The fraction of sp³-hybridized carbons (Fsp3) is 0.278. The molecule has 0 aliphatic carbocycles. The molecular weight excluding hydrogens is 306 g/mol. The van der Waals surface area contributed by atoms with Gasteiger partial charge in [0.1, 0.15) is 11.5 Å². The number of aryl methyl sites for hydroxylation is 1. The fourth-order valence-electron chi connectivity index (χ4n) is 2.39. The minimum atomic E-state index is -0.303. The number of carbonyl (C=O) groups excluding carboxylic acids is 1. The molecular formula is C18H19N3O3. The molecule has 0 bridgehead atoms. The first-order valence-corrected chi connectivity index (χ1v) is 7.83.